The van der Waals surface area contributed by atoms with Gasteiger partial charge in [0.1, 0.15) is 0 Å². The molecular formula is C15H23N3O3. The van der Waals surface area contributed by atoms with E-state index in [0.29, 0.717) is 6.54 Å². The van der Waals surface area contributed by atoms with Gasteiger partial charge >= 0.3 is 12.0 Å². The maximum atomic E-state index is 11.9. The maximum absolute atomic E-state index is 11.9. The van der Waals surface area contributed by atoms with Gasteiger partial charge < -0.3 is 15.7 Å². The van der Waals surface area contributed by atoms with E-state index >= 15 is 0 Å². The molecule has 1 unspecified atom stereocenters. The summed E-state index contributed by atoms with van der Waals surface area (Å²) in [6, 6.07) is 2.95. The highest BCUT2D eigenvalue weighted by Gasteiger charge is 2.28. The van der Waals surface area contributed by atoms with E-state index in [1.165, 1.54) is 0 Å². The van der Waals surface area contributed by atoms with Crippen LogP contribution in [-0.4, -0.2) is 28.1 Å². The molecular weight excluding hydrogens is 270 g/mol. The lowest BCUT2D eigenvalue weighted by atomic mass is 9.85. The van der Waals surface area contributed by atoms with Crippen LogP contribution in [-0.2, 0) is 11.3 Å². The molecule has 1 atom stereocenters. The number of aryl methyl sites for hydroxylation is 1. The fraction of sp³-hybridized carbons (Fsp3) is 0.533. The van der Waals surface area contributed by atoms with Gasteiger partial charge in [0.05, 0.1) is 6.42 Å². The standard InChI is InChI=1S/C15H23N3O3/c1-10-5-6-11(8-16-10)9-17-14(21)18-12(7-13(19)20)15(2,3)4/h5-6,8,12H,7,9H2,1-4H3,(H,19,20)(H2,17,18,21). The third-order valence-electron chi connectivity index (χ3n) is 3.16. The van der Waals surface area contributed by atoms with Gasteiger partial charge in [0.25, 0.3) is 0 Å². The minimum atomic E-state index is -0.932. The first-order valence-electron chi connectivity index (χ1n) is 6.86. The third-order valence-corrected chi connectivity index (χ3v) is 3.16. The van der Waals surface area contributed by atoms with E-state index in [1.54, 1.807) is 6.20 Å². The van der Waals surface area contributed by atoms with Gasteiger partial charge in [-0.05, 0) is 24.0 Å². The van der Waals surface area contributed by atoms with Crippen molar-refractivity contribution in [2.45, 2.75) is 46.7 Å². The van der Waals surface area contributed by atoms with Crippen molar-refractivity contribution in [3.05, 3.63) is 29.6 Å². The number of carboxylic acid groups (broad SMARTS) is 1. The Morgan fingerprint density at radius 2 is 2.00 bits per heavy atom. The number of carbonyl (C=O) groups excluding carboxylic acids is 1. The molecule has 0 aliphatic carbocycles. The number of aliphatic carboxylic acids is 1. The number of amides is 2. The Bertz CT molecular complexity index is 492. The van der Waals surface area contributed by atoms with Crippen molar-refractivity contribution in [3.63, 3.8) is 0 Å². The van der Waals surface area contributed by atoms with Crippen LogP contribution in [0, 0.1) is 12.3 Å². The van der Waals surface area contributed by atoms with E-state index < -0.39 is 12.0 Å². The largest absolute Gasteiger partial charge is 0.481 e. The Labute approximate surface area is 125 Å². The normalized spacial score (nSPS) is 12.6. The molecule has 0 aliphatic rings. The zero-order valence-electron chi connectivity index (χ0n) is 12.9. The molecule has 6 heteroatoms. The van der Waals surface area contributed by atoms with Gasteiger partial charge in [0.2, 0.25) is 0 Å². The molecule has 0 spiro atoms. The number of rotatable bonds is 5. The molecule has 2 amide bonds. The second-order valence-electron chi connectivity index (χ2n) is 6.15. The first-order chi connectivity index (χ1) is 9.68. The number of carboxylic acids is 1. The number of nitrogens with zero attached hydrogens (tertiary/aromatic N) is 1. The second kappa shape index (κ2) is 7.06. The summed E-state index contributed by atoms with van der Waals surface area (Å²) in [5, 5.41) is 14.3. The number of nitrogens with one attached hydrogen (secondary N) is 2. The predicted molar refractivity (Wildman–Crippen MR) is 79.8 cm³/mol. The number of hydrogen-bond donors (Lipinski definition) is 3. The Hall–Kier alpha value is -2.11. The van der Waals surface area contributed by atoms with Gasteiger partial charge in [-0.15, -0.1) is 0 Å². The molecule has 0 saturated heterocycles. The van der Waals surface area contributed by atoms with Crippen molar-refractivity contribution < 1.29 is 14.7 Å². The molecule has 116 valence electrons. The number of pyridine rings is 1. The number of urea groups is 1. The quantitative estimate of drug-likeness (QED) is 0.775. The highest BCUT2D eigenvalue weighted by Crippen LogP contribution is 2.21. The average molecular weight is 293 g/mol. The van der Waals surface area contributed by atoms with Crippen molar-refractivity contribution >= 4 is 12.0 Å². The number of aromatic nitrogens is 1. The highest BCUT2D eigenvalue weighted by atomic mass is 16.4. The van der Waals surface area contributed by atoms with Gasteiger partial charge in [-0.3, -0.25) is 9.78 Å². The van der Waals surface area contributed by atoms with Gasteiger partial charge in [-0.2, -0.15) is 0 Å². The molecule has 0 aromatic carbocycles. The lowest BCUT2D eigenvalue weighted by Crippen LogP contribution is -2.48. The van der Waals surface area contributed by atoms with E-state index in [2.05, 4.69) is 15.6 Å². The Kier molecular flexibility index (Phi) is 5.69. The van der Waals surface area contributed by atoms with Gasteiger partial charge in [-0.25, -0.2) is 4.79 Å². The van der Waals surface area contributed by atoms with Crippen molar-refractivity contribution in [1.29, 1.82) is 0 Å². The summed E-state index contributed by atoms with van der Waals surface area (Å²) in [6.07, 6.45) is 1.59. The smallest absolute Gasteiger partial charge is 0.315 e. The summed E-state index contributed by atoms with van der Waals surface area (Å²) >= 11 is 0. The van der Waals surface area contributed by atoms with Crippen molar-refractivity contribution in [2.24, 2.45) is 5.41 Å². The summed E-state index contributed by atoms with van der Waals surface area (Å²) in [5.74, 6) is -0.932. The van der Waals surface area contributed by atoms with Gasteiger partial charge in [0.15, 0.2) is 0 Å². The van der Waals surface area contributed by atoms with E-state index in [4.69, 9.17) is 5.11 Å². The lowest BCUT2D eigenvalue weighted by Gasteiger charge is -2.30. The monoisotopic (exact) mass is 293 g/mol. The molecule has 0 fully saturated rings. The lowest BCUT2D eigenvalue weighted by molar-refractivity contribution is -0.138. The van der Waals surface area contributed by atoms with Crippen LogP contribution in [0.4, 0.5) is 4.79 Å². The SMILES string of the molecule is Cc1ccc(CNC(=O)NC(CC(=O)O)C(C)(C)C)cn1. The summed E-state index contributed by atoms with van der Waals surface area (Å²) in [5.41, 5.74) is 1.47. The summed E-state index contributed by atoms with van der Waals surface area (Å²) in [6.45, 7) is 7.92. The van der Waals surface area contributed by atoms with E-state index in [0.717, 1.165) is 11.3 Å². The van der Waals surface area contributed by atoms with Crippen LogP contribution in [0.3, 0.4) is 0 Å². The van der Waals surface area contributed by atoms with Crippen LogP contribution in [0.5, 0.6) is 0 Å². The fourth-order valence-electron chi connectivity index (χ4n) is 1.74. The average Bonchev–Trinajstić information content (AvgIpc) is 2.36. The summed E-state index contributed by atoms with van der Waals surface area (Å²) in [7, 11) is 0. The molecule has 0 saturated carbocycles. The molecule has 1 aromatic heterocycles. The first-order valence-corrected chi connectivity index (χ1v) is 6.86. The fourth-order valence-corrected chi connectivity index (χ4v) is 1.74. The minimum Gasteiger partial charge on any atom is -0.481 e. The van der Waals surface area contributed by atoms with Crippen LogP contribution < -0.4 is 10.6 Å². The van der Waals surface area contributed by atoms with Crippen molar-refractivity contribution in [3.8, 4) is 0 Å². The van der Waals surface area contributed by atoms with Crippen LogP contribution in [0.1, 0.15) is 38.4 Å². The molecule has 6 nitrogen and oxygen atoms in total. The number of carbonyl (C=O) groups is 2. The maximum Gasteiger partial charge on any atom is 0.315 e. The number of hydrogen-bond acceptors (Lipinski definition) is 3. The Balaban J connectivity index is 2.54. The minimum absolute atomic E-state index is 0.108. The highest BCUT2D eigenvalue weighted by molar-refractivity contribution is 5.75. The molecule has 0 radical (unpaired) electrons. The summed E-state index contributed by atoms with van der Waals surface area (Å²) in [4.78, 5) is 26.9. The van der Waals surface area contributed by atoms with Crippen molar-refractivity contribution in [2.75, 3.05) is 0 Å². The zero-order chi connectivity index (χ0) is 16.0. The van der Waals surface area contributed by atoms with Crippen LogP contribution >= 0.6 is 0 Å². The van der Waals surface area contributed by atoms with E-state index in [1.807, 2.05) is 39.8 Å². The zero-order valence-corrected chi connectivity index (χ0v) is 12.9. The molecule has 0 aliphatic heterocycles. The summed E-state index contributed by atoms with van der Waals surface area (Å²) < 4.78 is 0. The van der Waals surface area contributed by atoms with Crippen LogP contribution in [0.15, 0.2) is 18.3 Å². The first kappa shape index (κ1) is 16.9. The van der Waals surface area contributed by atoms with Crippen LogP contribution in [0.2, 0.25) is 0 Å². The van der Waals surface area contributed by atoms with Crippen LogP contribution in [0.25, 0.3) is 0 Å². The second-order valence-corrected chi connectivity index (χ2v) is 6.15. The topological polar surface area (TPSA) is 91.3 Å². The molecule has 1 rings (SSSR count). The Morgan fingerprint density at radius 1 is 1.33 bits per heavy atom. The molecule has 21 heavy (non-hydrogen) atoms. The van der Waals surface area contributed by atoms with E-state index in [-0.39, 0.29) is 17.9 Å². The Morgan fingerprint density at radius 3 is 2.48 bits per heavy atom. The van der Waals surface area contributed by atoms with Crippen molar-refractivity contribution in [1.82, 2.24) is 15.6 Å². The van der Waals surface area contributed by atoms with Gasteiger partial charge in [-0.1, -0.05) is 26.8 Å². The molecule has 0 bridgehead atoms. The third kappa shape index (κ3) is 6.25. The molecule has 1 aromatic rings. The molecule has 1 heterocycles. The van der Waals surface area contributed by atoms with E-state index in [9.17, 15) is 9.59 Å². The predicted octanol–water partition coefficient (Wildman–Crippen LogP) is 2.08. The molecule has 3 N–H and O–H groups in total. The van der Waals surface area contributed by atoms with Gasteiger partial charge in [0, 0.05) is 24.5 Å².